The predicted molar refractivity (Wildman–Crippen MR) is 54.5 cm³/mol. The standard InChI is InChI=1S/C9H13NO.ClH/c1-7-4-5-9(11-3)8(6-7)10-2;/h4-6,10H,1-3H3;1H. The van der Waals surface area contributed by atoms with Crippen molar-refractivity contribution in [2.75, 3.05) is 19.5 Å². The molecule has 0 atom stereocenters. The van der Waals surface area contributed by atoms with E-state index in [0.717, 1.165) is 11.4 Å². The molecule has 0 saturated heterocycles. The van der Waals surface area contributed by atoms with E-state index >= 15 is 0 Å². The quantitative estimate of drug-likeness (QED) is 0.768. The summed E-state index contributed by atoms with van der Waals surface area (Å²) in [5, 5.41) is 3.06. The minimum atomic E-state index is 0. The molecule has 0 aliphatic heterocycles. The summed E-state index contributed by atoms with van der Waals surface area (Å²) in [4.78, 5) is 0. The first-order valence-corrected chi connectivity index (χ1v) is 3.60. The van der Waals surface area contributed by atoms with Crippen LogP contribution in [0.15, 0.2) is 18.2 Å². The van der Waals surface area contributed by atoms with E-state index in [1.165, 1.54) is 5.56 Å². The third-order valence-corrected chi connectivity index (χ3v) is 1.62. The van der Waals surface area contributed by atoms with Gasteiger partial charge in [-0.3, -0.25) is 0 Å². The van der Waals surface area contributed by atoms with Crippen LogP contribution in [-0.2, 0) is 0 Å². The van der Waals surface area contributed by atoms with Crippen molar-refractivity contribution < 1.29 is 4.74 Å². The molecular weight excluding hydrogens is 174 g/mol. The second-order valence-corrected chi connectivity index (χ2v) is 2.45. The van der Waals surface area contributed by atoms with Crippen LogP contribution in [0.1, 0.15) is 5.56 Å². The van der Waals surface area contributed by atoms with Gasteiger partial charge in [0, 0.05) is 7.05 Å². The third-order valence-electron chi connectivity index (χ3n) is 1.62. The first-order chi connectivity index (χ1) is 5.27. The summed E-state index contributed by atoms with van der Waals surface area (Å²) in [6.45, 7) is 2.06. The van der Waals surface area contributed by atoms with Crippen LogP contribution in [0, 0.1) is 6.92 Å². The number of hydrogen-bond donors (Lipinski definition) is 1. The molecule has 0 radical (unpaired) electrons. The number of aryl methyl sites for hydroxylation is 1. The van der Waals surface area contributed by atoms with Crippen LogP contribution in [0.2, 0.25) is 0 Å². The maximum atomic E-state index is 5.13. The normalized spacial score (nSPS) is 8.58. The fourth-order valence-corrected chi connectivity index (χ4v) is 1.02. The number of ether oxygens (including phenoxy) is 1. The number of halogens is 1. The molecule has 0 heterocycles. The Balaban J connectivity index is 0.00000121. The maximum Gasteiger partial charge on any atom is 0.141 e. The lowest BCUT2D eigenvalue weighted by Crippen LogP contribution is -1.93. The molecule has 1 N–H and O–H groups in total. The lowest BCUT2D eigenvalue weighted by molar-refractivity contribution is 0.416. The lowest BCUT2D eigenvalue weighted by atomic mass is 10.2. The fraction of sp³-hybridized carbons (Fsp3) is 0.333. The second kappa shape index (κ2) is 4.88. The molecule has 1 aromatic carbocycles. The first kappa shape index (κ1) is 11.1. The van der Waals surface area contributed by atoms with E-state index in [1.807, 2.05) is 19.2 Å². The minimum absolute atomic E-state index is 0. The molecule has 68 valence electrons. The van der Waals surface area contributed by atoms with Crippen LogP contribution in [-0.4, -0.2) is 14.2 Å². The molecule has 0 spiro atoms. The Morgan fingerprint density at radius 2 is 2.00 bits per heavy atom. The SMILES string of the molecule is CNc1cc(C)ccc1OC.Cl. The van der Waals surface area contributed by atoms with Crippen LogP contribution in [0.4, 0.5) is 5.69 Å². The van der Waals surface area contributed by atoms with Gasteiger partial charge in [-0.15, -0.1) is 12.4 Å². The molecule has 1 rings (SSSR count). The highest BCUT2D eigenvalue weighted by atomic mass is 35.5. The van der Waals surface area contributed by atoms with Crippen molar-refractivity contribution in [2.24, 2.45) is 0 Å². The number of hydrogen-bond acceptors (Lipinski definition) is 2. The van der Waals surface area contributed by atoms with Crippen molar-refractivity contribution in [3.8, 4) is 5.75 Å². The van der Waals surface area contributed by atoms with Gasteiger partial charge in [-0.05, 0) is 24.6 Å². The smallest absolute Gasteiger partial charge is 0.141 e. The second-order valence-electron chi connectivity index (χ2n) is 2.45. The van der Waals surface area contributed by atoms with Gasteiger partial charge in [-0.2, -0.15) is 0 Å². The van der Waals surface area contributed by atoms with Crippen LogP contribution in [0.5, 0.6) is 5.75 Å². The van der Waals surface area contributed by atoms with Crippen LogP contribution in [0.3, 0.4) is 0 Å². The molecule has 3 heteroatoms. The van der Waals surface area contributed by atoms with E-state index in [1.54, 1.807) is 7.11 Å². The summed E-state index contributed by atoms with van der Waals surface area (Å²) < 4.78 is 5.13. The Labute approximate surface area is 79.3 Å². The average Bonchev–Trinajstić information content (AvgIpc) is 2.04. The van der Waals surface area contributed by atoms with Gasteiger partial charge >= 0.3 is 0 Å². The number of anilines is 1. The molecule has 1 aromatic rings. The molecule has 0 bridgehead atoms. The van der Waals surface area contributed by atoms with Crippen molar-refractivity contribution in [3.05, 3.63) is 23.8 Å². The molecule has 12 heavy (non-hydrogen) atoms. The van der Waals surface area contributed by atoms with Gasteiger partial charge in [0.1, 0.15) is 5.75 Å². The molecule has 0 amide bonds. The van der Waals surface area contributed by atoms with E-state index in [2.05, 4.69) is 18.3 Å². The summed E-state index contributed by atoms with van der Waals surface area (Å²) in [5.41, 5.74) is 2.27. The van der Waals surface area contributed by atoms with Gasteiger partial charge in [0.05, 0.1) is 12.8 Å². The Bertz CT molecular complexity index is 250. The van der Waals surface area contributed by atoms with Crippen LogP contribution < -0.4 is 10.1 Å². The minimum Gasteiger partial charge on any atom is -0.495 e. The monoisotopic (exact) mass is 187 g/mol. The van der Waals surface area contributed by atoms with Crippen molar-refractivity contribution in [3.63, 3.8) is 0 Å². The third kappa shape index (κ3) is 2.31. The molecule has 0 fully saturated rings. The molecule has 0 aliphatic carbocycles. The molecule has 0 saturated carbocycles. The average molecular weight is 188 g/mol. The molecule has 0 unspecified atom stereocenters. The molecule has 0 aromatic heterocycles. The molecule has 0 aliphatic rings. The Morgan fingerprint density at radius 3 is 2.50 bits per heavy atom. The Kier molecular flexibility index (Phi) is 4.52. The summed E-state index contributed by atoms with van der Waals surface area (Å²) in [5.74, 6) is 0.887. The van der Waals surface area contributed by atoms with Gasteiger partial charge in [-0.25, -0.2) is 0 Å². The predicted octanol–water partition coefficient (Wildman–Crippen LogP) is 2.47. The lowest BCUT2D eigenvalue weighted by Gasteiger charge is -2.07. The summed E-state index contributed by atoms with van der Waals surface area (Å²) in [7, 11) is 3.56. The first-order valence-electron chi connectivity index (χ1n) is 3.60. The molecule has 2 nitrogen and oxygen atoms in total. The summed E-state index contributed by atoms with van der Waals surface area (Å²) in [6.07, 6.45) is 0. The fourth-order valence-electron chi connectivity index (χ4n) is 1.02. The maximum absolute atomic E-state index is 5.13. The topological polar surface area (TPSA) is 21.3 Å². The van der Waals surface area contributed by atoms with Crippen molar-refractivity contribution >= 4 is 18.1 Å². The Morgan fingerprint density at radius 1 is 1.33 bits per heavy atom. The van der Waals surface area contributed by atoms with Gasteiger partial charge < -0.3 is 10.1 Å². The Hall–Kier alpha value is -0.890. The largest absolute Gasteiger partial charge is 0.495 e. The zero-order chi connectivity index (χ0) is 8.27. The van der Waals surface area contributed by atoms with Crippen molar-refractivity contribution in [1.82, 2.24) is 0 Å². The number of rotatable bonds is 2. The summed E-state index contributed by atoms with van der Waals surface area (Å²) >= 11 is 0. The highest BCUT2D eigenvalue weighted by Gasteiger charge is 1.98. The van der Waals surface area contributed by atoms with E-state index in [0.29, 0.717) is 0 Å². The number of benzene rings is 1. The highest BCUT2D eigenvalue weighted by Crippen LogP contribution is 2.23. The van der Waals surface area contributed by atoms with Gasteiger partial charge in [-0.1, -0.05) is 6.07 Å². The highest BCUT2D eigenvalue weighted by molar-refractivity contribution is 5.85. The molecular formula is C9H14ClNO. The van der Waals surface area contributed by atoms with Gasteiger partial charge in [0.2, 0.25) is 0 Å². The number of methoxy groups -OCH3 is 1. The summed E-state index contributed by atoms with van der Waals surface area (Å²) in [6, 6.07) is 6.04. The van der Waals surface area contributed by atoms with E-state index in [9.17, 15) is 0 Å². The van der Waals surface area contributed by atoms with E-state index < -0.39 is 0 Å². The number of nitrogens with one attached hydrogen (secondary N) is 1. The van der Waals surface area contributed by atoms with Crippen LogP contribution in [0.25, 0.3) is 0 Å². The zero-order valence-electron chi connectivity index (χ0n) is 7.55. The van der Waals surface area contributed by atoms with Gasteiger partial charge in [0.15, 0.2) is 0 Å². The van der Waals surface area contributed by atoms with E-state index in [-0.39, 0.29) is 12.4 Å². The van der Waals surface area contributed by atoms with Gasteiger partial charge in [0.25, 0.3) is 0 Å². The van der Waals surface area contributed by atoms with Crippen molar-refractivity contribution in [1.29, 1.82) is 0 Å². The zero-order valence-corrected chi connectivity index (χ0v) is 8.37. The van der Waals surface area contributed by atoms with Crippen molar-refractivity contribution in [2.45, 2.75) is 6.92 Å². The van der Waals surface area contributed by atoms with Crippen LogP contribution >= 0.6 is 12.4 Å². The van der Waals surface area contributed by atoms with E-state index in [4.69, 9.17) is 4.74 Å².